The molecule has 1 aromatic carbocycles. The van der Waals surface area contributed by atoms with Gasteiger partial charge in [-0.05, 0) is 68.7 Å². The highest BCUT2D eigenvalue weighted by molar-refractivity contribution is 5.88. The van der Waals surface area contributed by atoms with Crippen LogP contribution in [0.15, 0.2) is 48.7 Å². The van der Waals surface area contributed by atoms with Crippen LogP contribution in [0.3, 0.4) is 0 Å². The molecule has 0 saturated carbocycles. The molecule has 33 heavy (non-hydrogen) atoms. The molecule has 1 aliphatic rings. The van der Waals surface area contributed by atoms with Crippen molar-refractivity contribution < 1.29 is 24.2 Å². The predicted molar refractivity (Wildman–Crippen MR) is 126 cm³/mol. The summed E-state index contributed by atoms with van der Waals surface area (Å²) in [5.74, 6) is 0.265. The SMILES string of the molecule is COc1cccc(CN2CC[C@@H](N(C(=O)OC(C)(C)C)c3ccc(C=CC(=O)O)cn3)C2)c1. The Bertz CT molecular complexity index is 998. The van der Waals surface area contributed by atoms with E-state index in [2.05, 4.69) is 16.0 Å². The van der Waals surface area contributed by atoms with Gasteiger partial charge < -0.3 is 14.6 Å². The van der Waals surface area contributed by atoms with Crippen LogP contribution in [-0.4, -0.2) is 58.9 Å². The second kappa shape index (κ2) is 10.5. The Morgan fingerprint density at radius 1 is 1.27 bits per heavy atom. The summed E-state index contributed by atoms with van der Waals surface area (Å²) in [5.41, 5.74) is 1.14. The van der Waals surface area contributed by atoms with E-state index in [1.54, 1.807) is 30.3 Å². The number of methoxy groups -OCH3 is 1. The van der Waals surface area contributed by atoms with E-state index in [1.165, 1.54) is 6.08 Å². The fourth-order valence-electron chi connectivity index (χ4n) is 3.74. The molecule has 2 heterocycles. The molecule has 176 valence electrons. The number of likely N-dealkylation sites (tertiary alicyclic amines) is 1. The van der Waals surface area contributed by atoms with E-state index in [1.807, 2.05) is 39.0 Å². The first-order chi connectivity index (χ1) is 15.6. The van der Waals surface area contributed by atoms with Gasteiger partial charge in [0, 0.05) is 31.9 Å². The molecule has 8 heteroatoms. The van der Waals surface area contributed by atoms with Crippen LogP contribution in [0.2, 0.25) is 0 Å². The standard InChI is InChI=1S/C25H31N3O5/c1-25(2,3)33-24(31)28(22-10-8-18(15-26-22)9-11-23(29)30)20-12-13-27(17-20)16-19-6-5-7-21(14-19)32-4/h5-11,14-15,20H,12-13,16-17H2,1-4H3,(H,29,30)/t20-/m1/s1. The van der Waals surface area contributed by atoms with E-state index in [4.69, 9.17) is 14.6 Å². The summed E-state index contributed by atoms with van der Waals surface area (Å²) in [6, 6.07) is 11.3. The lowest BCUT2D eigenvalue weighted by Crippen LogP contribution is -2.45. The van der Waals surface area contributed by atoms with Gasteiger partial charge >= 0.3 is 12.1 Å². The molecule has 0 aliphatic carbocycles. The maximum Gasteiger partial charge on any atom is 0.416 e. The summed E-state index contributed by atoms with van der Waals surface area (Å²) in [6.07, 6.45) is 4.40. The molecule has 3 rings (SSSR count). The lowest BCUT2D eigenvalue weighted by atomic mass is 10.2. The van der Waals surface area contributed by atoms with Crippen LogP contribution in [0.4, 0.5) is 10.6 Å². The molecule has 0 bridgehead atoms. The Balaban J connectivity index is 1.78. The van der Waals surface area contributed by atoms with Crippen LogP contribution in [0, 0.1) is 0 Å². The number of carboxylic acids is 1. The van der Waals surface area contributed by atoms with Gasteiger partial charge in [-0.25, -0.2) is 14.6 Å². The lowest BCUT2D eigenvalue weighted by molar-refractivity contribution is -0.131. The van der Waals surface area contributed by atoms with E-state index in [9.17, 15) is 9.59 Å². The Kier molecular flexibility index (Phi) is 7.71. The molecule has 1 saturated heterocycles. The molecule has 8 nitrogen and oxygen atoms in total. The van der Waals surface area contributed by atoms with Crippen molar-refractivity contribution in [2.75, 3.05) is 25.1 Å². The molecule has 0 spiro atoms. The summed E-state index contributed by atoms with van der Waals surface area (Å²) in [6.45, 7) is 7.77. The highest BCUT2D eigenvalue weighted by Gasteiger charge is 2.35. The third-order valence-electron chi connectivity index (χ3n) is 5.18. The van der Waals surface area contributed by atoms with E-state index >= 15 is 0 Å². The van der Waals surface area contributed by atoms with Gasteiger partial charge in [-0.3, -0.25) is 9.80 Å². The Hall–Kier alpha value is -3.39. The summed E-state index contributed by atoms with van der Waals surface area (Å²) >= 11 is 0. The Morgan fingerprint density at radius 3 is 2.70 bits per heavy atom. The number of hydrogen-bond acceptors (Lipinski definition) is 6. The topological polar surface area (TPSA) is 92.2 Å². The maximum absolute atomic E-state index is 13.1. The van der Waals surface area contributed by atoms with E-state index in [0.29, 0.717) is 17.9 Å². The number of nitrogens with zero attached hydrogens (tertiary/aromatic N) is 3. The second-order valence-electron chi connectivity index (χ2n) is 9.00. The van der Waals surface area contributed by atoms with E-state index in [0.717, 1.165) is 36.9 Å². The number of carboxylic acid groups (broad SMARTS) is 1. The monoisotopic (exact) mass is 453 g/mol. The number of benzene rings is 1. The number of anilines is 1. The average molecular weight is 454 g/mol. The lowest BCUT2D eigenvalue weighted by Gasteiger charge is -2.31. The Labute approximate surface area is 194 Å². The normalized spacial score (nSPS) is 16.7. The molecule has 1 fully saturated rings. The molecule has 1 aliphatic heterocycles. The van der Waals surface area contributed by atoms with Crippen LogP contribution in [-0.2, 0) is 16.1 Å². The van der Waals surface area contributed by atoms with Gasteiger partial charge in [0.15, 0.2) is 0 Å². The number of pyridine rings is 1. The number of amides is 1. The first-order valence-electron chi connectivity index (χ1n) is 10.9. The summed E-state index contributed by atoms with van der Waals surface area (Å²) < 4.78 is 11.0. The molecular formula is C25H31N3O5. The van der Waals surface area contributed by atoms with Crippen LogP contribution in [0.25, 0.3) is 6.08 Å². The summed E-state index contributed by atoms with van der Waals surface area (Å²) in [5, 5.41) is 8.81. The number of carbonyl (C=O) groups excluding carboxylic acids is 1. The molecule has 1 atom stereocenters. The van der Waals surface area contributed by atoms with Crippen molar-refractivity contribution in [2.45, 2.75) is 45.4 Å². The van der Waals surface area contributed by atoms with E-state index in [-0.39, 0.29) is 6.04 Å². The number of aromatic nitrogens is 1. The molecule has 0 unspecified atom stereocenters. The van der Waals surface area contributed by atoms with Gasteiger partial charge in [0.05, 0.1) is 13.2 Å². The zero-order chi connectivity index (χ0) is 24.0. The van der Waals surface area contributed by atoms with Crippen LogP contribution < -0.4 is 9.64 Å². The van der Waals surface area contributed by atoms with Gasteiger partial charge in [-0.1, -0.05) is 12.1 Å². The van der Waals surface area contributed by atoms with Crippen molar-refractivity contribution in [3.8, 4) is 5.75 Å². The van der Waals surface area contributed by atoms with Crippen molar-refractivity contribution in [3.05, 3.63) is 59.8 Å². The van der Waals surface area contributed by atoms with E-state index < -0.39 is 17.7 Å². The number of hydrogen-bond donors (Lipinski definition) is 1. The average Bonchev–Trinajstić information content (AvgIpc) is 3.20. The van der Waals surface area contributed by atoms with Crippen LogP contribution in [0.1, 0.15) is 38.3 Å². The number of ether oxygens (including phenoxy) is 2. The molecule has 2 aromatic rings. The predicted octanol–water partition coefficient (Wildman–Crippen LogP) is 4.20. The van der Waals surface area contributed by atoms with Gasteiger partial charge in [-0.15, -0.1) is 0 Å². The minimum absolute atomic E-state index is 0.0987. The van der Waals surface area contributed by atoms with Crippen molar-refractivity contribution in [1.29, 1.82) is 0 Å². The van der Waals surface area contributed by atoms with Gasteiger partial charge in [0.2, 0.25) is 0 Å². The number of carbonyl (C=O) groups is 2. The first-order valence-corrected chi connectivity index (χ1v) is 10.9. The summed E-state index contributed by atoms with van der Waals surface area (Å²) in [4.78, 5) is 32.2. The zero-order valence-electron chi connectivity index (χ0n) is 19.5. The number of rotatable bonds is 7. The van der Waals surface area contributed by atoms with Crippen LogP contribution >= 0.6 is 0 Å². The van der Waals surface area contributed by atoms with Gasteiger partial charge in [-0.2, -0.15) is 0 Å². The fraction of sp³-hybridized carbons (Fsp3) is 0.400. The zero-order valence-corrected chi connectivity index (χ0v) is 19.5. The van der Waals surface area contributed by atoms with Crippen LogP contribution in [0.5, 0.6) is 5.75 Å². The smallest absolute Gasteiger partial charge is 0.416 e. The van der Waals surface area contributed by atoms with Crippen molar-refractivity contribution >= 4 is 24.0 Å². The minimum Gasteiger partial charge on any atom is -0.497 e. The third kappa shape index (κ3) is 7.05. The number of aliphatic carboxylic acids is 1. The van der Waals surface area contributed by atoms with Crippen molar-refractivity contribution in [1.82, 2.24) is 9.88 Å². The van der Waals surface area contributed by atoms with Gasteiger partial charge in [0.25, 0.3) is 0 Å². The Morgan fingerprint density at radius 2 is 2.06 bits per heavy atom. The minimum atomic E-state index is -1.03. The van der Waals surface area contributed by atoms with Crippen molar-refractivity contribution in [3.63, 3.8) is 0 Å². The molecule has 1 aromatic heterocycles. The molecule has 1 N–H and O–H groups in total. The first kappa shape index (κ1) is 24.3. The van der Waals surface area contributed by atoms with Gasteiger partial charge in [0.1, 0.15) is 17.2 Å². The largest absolute Gasteiger partial charge is 0.497 e. The fourth-order valence-corrected chi connectivity index (χ4v) is 3.74. The molecular weight excluding hydrogens is 422 g/mol. The third-order valence-corrected chi connectivity index (χ3v) is 5.18. The molecule has 0 radical (unpaired) electrons. The maximum atomic E-state index is 13.1. The highest BCUT2D eigenvalue weighted by Crippen LogP contribution is 2.26. The second-order valence-corrected chi connectivity index (χ2v) is 9.00. The highest BCUT2D eigenvalue weighted by atomic mass is 16.6. The van der Waals surface area contributed by atoms with Crippen molar-refractivity contribution in [2.24, 2.45) is 0 Å². The quantitative estimate of drug-likeness (QED) is 0.628. The summed E-state index contributed by atoms with van der Waals surface area (Å²) in [7, 11) is 1.65. The molecule has 1 amide bonds.